The molecule has 4 nitrogen and oxygen atoms in total. The third-order valence-corrected chi connectivity index (χ3v) is 4.91. The van der Waals surface area contributed by atoms with Crippen LogP contribution in [0.3, 0.4) is 0 Å². The number of hydrogen-bond acceptors (Lipinski definition) is 4. The number of ketones is 1. The number of carbonyl (C=O) groups excluding carboxylic acids is 2. The van der Waals surface area contributed by atoms with Crippen LogP contribution in [-0.2, 0) is 15.0 Å². The van der Waals surface area contributed by atoms with Gasteiger partial charge in [-0.25, -0.2) is 4.98 Å². The van der Waals surface area contributed by atoms with E-state index in [1.165, 1.54) is 11.3 Å². The van der Waals surface area contributed by atoms with Crippen molar-refractivity contribution in [3.63, 3.8) is 0 Å². The van der Waals surface area contributed by atoms with Crippen LogP contribution in [0.1, 0.15) is 17.8 Å². The average Bonchev–Trinajstić information content (AvgIpc) is 2.84. The number of benzene rings is 1. The molecule has 0 radical (unpaired) electrons. The third kappa shape index (κ3) is 1.94. The molecule has 0 aliphatic heterocycles. The Morgan fingerprint density at radius 2 is 2.05 bits per heavy atom. The Morgan fingerprint density at radius 3 is 2.65 bits per heavy atom. The van der Waals surface area contributed by atoms with Gasteiger partial charge in [-0.2, -0.15) is 0 Å². The first-order valence-corrected chi connectivity index (χ1v) is 7.31. The van der Waals surface area contributed by atoms with Gasteiger partial charge in [-0.05, 0) is 6.07 Å². The van der Waals surface area contributed by atoms with Crippen molar-refractivity contribution in [3.05, 3.63) is 39.7 Å². The Labute approximate surface area is 124 Å². The fourth-order valence-electron chi connectivity index (χ4n) is 2.34. The Morgan fingerprint density at radius 1 is 1.35 bits per heavy atom. The van der Waals surface area contributed by atoms with Crippen molar-refractivity contribution in [3.8, 4) is 11.3 Å². The first-order chi connectivity index (χ1) is 9.53. The first kappa shape index (κ1) is 13.3. The summed E-state index contributed by atoms with van der Waals surface area (Å²) in [4.78, 5) is 27.4. The standard InChI is InChI=1S/C14H11ClN2O2S/c15-10-4-2-1-3-9(10)11-7-20-13(17-11)14(12(16)19)5-8(18)6-14/h1-4,7H,5-6H2,(H2,16,19). The molecule has 0 spiro atoms. The number of nitrogens with two attached hydrogens (primary N) is 1. The van der Waals surface area contributed by atoms with Crippen LogP contribution in [-0.4, -0.2) is 16.7 Å². The molecule has 0 unspecified atom stereocenters. The van der Waals surface area contributed by atoms with Crippen LogP contribution in [0, 0.1) is 0 Å². The Hall–Kier alpha value is -1.72. The summed E-state index contributed by atoms with van der Waals surface area (Å²) in [6.07, 6.45) is 0.301. The molecular formula is C14H11ClN2O2S. The second-order valence-corrected chi connectivity index (χ2v) is 6.12. The zero-order chi connectivity index (χ0) is 14.3. The summed E-state index contributed by atoms with van der Waals surface area (Å²) in [6, 6.07) is 7.36. The minimum atomic E-state index is -0.915. The molecule has 0 atom stereocenters. The molecule has 1 amide bonds. The minimum absolute atomic E-state index is 0.0401. The van der Waals surface area contributed by atoms with Crippen LogP contribution >= 0.6 is 22.9 Å². The van der Waals surface area contributed by atoms with Crippen LogP contribution in [0.25, 0.3) is 11.3 Å². The molecule has 1 heterocycles. The van der Waals surface area contributed by atoms with E-state index >= 15 is 0 Å². The van der Waals surface area contributed by atoms with Gasteiger partial charge in [0.1, 0.15) is 16.2 Å². The number of hydrogen-bond donors (Lipinski definition) is 1. The van der Waals surface area contributed by atoms with Crippen LogP contribution < -0.4 is 5.73 Å². The summed E-state index contributed by atoms with van der Waals surface area (Å²) in [5.41, 5.74) is 6.05. The van der Waals surface area contributed by atoms with Gasteiger partial charge in [-0.3, -0.25) is 9.59 Å². The van der Waals surface area contributed by atoms with Crippen molar-refractivity contribution in [2.45, 2.75) is 18.3 Å². The molecule has 1 aromatic carbocycles. The van der Waals surface area contributed by atoms with Gasteiger partial charge in [0.2, 0.25) is 5.91 Å². The fourth-order valence-corrected chi connectivity index (χ4v) is 3.60. The number of thiazole rings is 1. The molecule has 2 N–H and O–H groups in total. The van der Waals surface area contributed by atoms with Crippen molar-refractivity contribution < 1.29 is 9.59 Å². The van der Waals surface area contributed by atoms with E-state index < -0.39 is 11.3 Å². The van der Waals surface area contributed by atoms with Crippen LogP contribution in [0.5, 0.6) is 0 Å². The predicted molar refractivity (Wildman–Crippen MR) is 77.7 cm³/mol. The smallest absolute Gasteiger partial charge is 0.231 e. The van der Waals surface area contributed by atoms with Crippen LogP contribution in [0.2, 0.25) is 5.02 Å². The Kier molecular flexibility index (Phi) is 3.11. The summed E-state index contributed by atoms with van der Waals surface area (Å²) in [5.74, 6) is -0.449. The number of aromatic nitrogens is 1. The SMILES string of the molecule is NC(=O)C1(c2nc(-c3ccccc3Cl)cs2)CC(=O)C1. The maximum Gasteiger partial charge on any atom is 0.231 e. The number of halogens is 1. The lowest BCUT2D eigenvalue weighted by Gasteiger charge is -2.35. The zero-order valence-corrected chi connectivity index (χ0v) is 12.0. The van der Waals surface area contributed by atoms with Crippen molar-refractivity contribution >= 4 is 34.6 Å². The van der Waals surface area contributed by atoms with Gasteiger partial charge in [0.15, 0.2) is 0 Å². The van der Waals surface area contributed by atoms with Gasteiger partial charge < -0.3 is 5.73 Å². The quantitative estimate of drug-likeness (QED) is 0.947. The summed E-state index contributed by atoms with van der Waals surface area (Å²) in [7, 11) is 0. The highest BCUT2D eigenvalue weighted by molar-refractivity contribution is 7.10. The van der Waals surface area contributed by atoms with E-state index in [1.807, 2.05) is 23.6 Å². The van der Waals surface area contributed by atoms with E-state index in [2.05, 4.69) is 4.98 Å². The number of nitrogens with zero attached hydrogens (tertiary/aromatic N) is 1. The molecular weight excluding hydrogens is 296 g/mol. The maximum atomic E-state index is 11.7. The number of carbonyl (C=O) groups is 2. The van der Waals surface area contributed by atoms with E-state index in [4.69, 9.17) is 17.3 Å². The second-order valence-electron chi connectivity index (χ2n) is 4.86. The predicted octanol–water partition coefficient (Wildman–Crippen LogP) is 2.55. The molecule has 0 saturated heterocycles. The highest BCUT2D eigenvalue weighted by Crippen LogP contribution is 2.43. The lowest BCUT2D eigenvalue weighted by molar-refractivity contribution is -0.139. The molecule has 3 rings (SSSR count). The molecule has 2 aromatic rings. The molecule has 1 saturated carbocycles. The number of primary amides is 1. The number of rotatable bonds is 3. The van der Waals surface area contributed by atoms with Crippen LogP contribution in [0.15, 0.2) is 29.6 Å². The van der Waals surface area contributed by atoms with Crippen LogP contribution in [0.4, 0.5) is 0 Å². The van der Waals surface area contributed by atoms with Gasteiger partial charge in [0, 0.05) is 28.8 Å². The van der Waals surface area contributed by atoms with Gasteiger partial charge in [-0.1, -0.05) is 29.8 Å². The van der Waals surface area contributed by atoms with E-state index in [0.29, 0.717) is 15.7 Å². The molecule has 102 valence electrons. The van der Waals surface area contributed by atoms with Gasteiger partial charge in [0.25, 0.3) is 0 Å². The molecule has 20 heavy (non-hydrogen) atoms. The summed E-state index contributed by atoms with van der Waals surface area (Å²) in [6.45, 7) is 0. The molecule has 1 aromatic heterocycles. The van der Waals surface area contributed by atoms with Crippen molar-refractivity contribution in [2.24, 2.45) is 5.73 Å². The molecule has 0 bridgehead atoms. The topological polar surface area (TPSA) is 73.1 Å². The minimum Gasteiger partial charge on any atom is -0.369 e. The lowest BCUT2D eigenvalue weighted by Crippen LogP contribution is -2.51. The second kappa shape index (κ2) is 4.68. The molecule has 1 aliphatic rings. The molecule has 6 heteroatoms. The van der Waals surface area contributed by atoms with Crippen molar-refractivity contribution in [1.82, 2.24) is 4.98 Å². The molecule has 1 aliphatic carbocycles. The maximum absolute atomic E-state index is 11.7. The van der Waals surface area contributed by atoms with Gasteiger partial charge >= 0.3 is 0 Å². The average molecular weight is 307 g/mol. The summed E-state index contributed by atoms with van der Waals surface area (Å²) < 4.78 is 0. The van der Waals surface area contributed by atoms with E-state index in [9.17, 15) is 9.59 Å². The van der Waals surface area contributed by atoms with Crippen molar-refractivity contribution in [1.29, 1.82) is 0 Å². The summed E-state index contributed by atoms with van der Waals surface area (Å²) in [5, 5.41) is 3.03. The highest BCUT2D eigenvalue weighted by atomic mass is 35.5. The van der Waals surface area contributed by atoms with E-state index in [-0.39, 0.29) is 18.6 Å². The van der Waals surface area contributed by atoms with Crippen molar-refractivity contribution in [2.75, 3.05) is 0 Å². The van der Waals surface area contributed by atoms with Gasteiger partial charge in [-0.15, -0.1) is 11.3 Å². The Balaban J connectivity index is 2.01. The normalized spacial score (nSPS) is 16.8. The van der Waals surface area contributed by atoms with E-state index in [0.717, 1.165) is 5.56 Å². The monoisotopic (exact) mass is 306 g/mol. The number of Topliss-reactive ketones (excluding diaryl/α,β-unsaturated/α-hetero) is 1. The van der Waals surface area contributed by atoms with E-state index in [1.54, 1.807) is 6.07 Å². The number of amides is 1. The lowest BCUT2D eigenvalue weighted by atomic mass is 9.67. The largest absolute Gasteiger partial charge is 0.369 e. The molecule has 1 fully saturated rings. The zero-order valence-electron chi connectivity index (χ0n) is 10.4. The Bertz CT molecular complexity index is 703. The third-order valence-electron chi connectivity index (χ3n) is 3.53. The first-order valence-electron chi connectivity index (χ1n) is 6.05. The fraction of sp³-hybridized carbons (Fsp3) is 0.214. The van der Waals surface area contributed by atoms with Gasteiger partial charge in [0.05, 0.1) is 5.69 Å². The summed E-state index contributed by atoms with van der Waals surface area (Å²) >= 11 is 7.48. The highest BCUT2D eigenvalue weighted by Gasteiger charge is 2.52.